The largest absolute Gasteiger partial charge is 0.493 e. The summed E-state index contributed by atoms with van der Waals surface area (Å²) in [7, 11) is 1.60. The number of nitrogens with zero attached hydrogens (tertiary/aromatic N) is 3. The number of rotatable bonds is 4. The average molecular weight is 373 g/mol. The summed E-state index contributed by atoms with van der Waals surface area (Å²) in [4.78, 5) is 23.1. The zero-order valence-corrected chi connectivity index (χ0v) is 15.4. The van der Waals surface area contributed by atoms with E-state index in [1.807, 2.05) is 24.0 Å². The van der Waals surface area contributed by atoms with E-state index in [2.05, 4.69) is 9.97 Å². The highest BCUT2D eigenvalue weighted by molar-refractivity contribution is 7.99. The third kappa shape index (κ3) is 3.16. The molecule has 0 radical (unpaired) electrons. The number of benzene rings is 1. The quantitative estimate of drug-likeness (QED) is 0.816. The second-order valence-electron chi connectivity index (χ2n) is 6.10. The number of hydrogen-bond acceptors (Lipinski definition) is 7. The van der Waals surface area contributed by atoms with Gasteiger partial charge in [0.2, 0.25) is 18.4 Å². The maximum absolute atomic E-state index is 12.6. The molecule has 0 N–H and O–H groups in total. The van der Waals surface area contributed by atoms with Crippen LogP contribution < -0.4 is 14.2 Å². The van der Waals surface area contributed by atoms with Crippen molar-refractivity contribution in [2.45, 2.75) is 25.3 Å². The molecule has 1 aromatic heterocycles. The fourth-order valence-electron chi connectivity index (χ4n) is 3.04. The van der Waals surface area contributed by atoms with Crippen LogP contribution in [0.1, 0.15) is 28.7 Å². The molecular formula is C18H19N3O4S. The van der Waals surface area contributed by atoms with Crippen molar-refractivity contribution in [1.29, 1.82) is 0 Å². The van der Waals surface area contributed by atoms with Crippen molar-refractivity contribution in [3.05, 3.63) is 41.5 Å². The van der Waals surface area contributed by atoms with E-state index in [-0.39, 0.29) is 18.1 Å². The SMILES string of the molecule is COc1cc(C2SCCC(=O)N2Cc2cnc(C)cn2)cc2c1OCO2. The minimum atomic E-state index is -0.136. The van der Waals surface area contributed by atoms with E-state index in [0.717, 1.165) is 22.7 Å². The molecule has 8 heteroatoms. The van der Waals surface area contributed by atoms with Gasteiger partial charge in [-0.1, -0.05) is 0 Å². The van der Waals surface area contributed by atoms with Crippen molar-refractivity contribution in [3.8, 4) is 17.2 Å². The van der Waals surface area contributed by atoms with E-state index in [0.29, 0.717) is 30.2 Å². The zero-order valence-electron chi connectivity index (χ0n) is 14.6. The molecule has 0 saturated carbocycles. The van der Waals surface area contributed by atoms with Gasteiger partial charge in [-0.25, -0.2) is 0 Å². The van der Waals surface area contributed by atoms with Crippen molar-refractivity contribution in [3.63, 3.8) is 0 Å². The van der Waals surface area contributed by atoms with E-state index < -0.39 is 0 Å². The van der Waals surface area contributed by atoms with Gasteiger partial charge < -0.3 is 19.1 Å². The summed E-state index contributed by atoms with van der Waals surface area (Å²) in [6, 6.07) is 3.84. The summed E-state index contributed by atoms with van der Waals surface area (Å²) in [5.74, 6) is 2.75. The van der Waals surface area contributed by atoms with Gasteiger partial charge in [-0.15, -0.1) is 11.8 Å². The van der Waals surface area contributed by atoms with Gasteiger partial charge in [0.15, 0.2) is 11.5 Å². The lowest BCUT2D eigenvalue weighted by atomic mass is 10.1. The minimum Gasteiger partial charge on any atom is -0.493 e. The molecule has 1 saturated heterocycles. The van der Waals surface area contributed by atoms with Crippen molar-refractivity contribution in [2.75, 3.05) is 19.7 Å². The summed E-state index contributed by atoms with van der Waals surface area (Å²) in [6.45, 7) is 2.48. The first-order valence-corrected chi connectivity index (χ1v) is 9.36. The van der Waals surface area contributed by atoms with Crippen molar-refractivity contribution in [1.82, 2.24) is 14.9 Å². The second kappa shape index (κ2) is 7.03. The summed E-state index contributed by atoms with van der Waals surface area (Å²) in [5.41, 5.74) is 2.57. The van der Waals surface area contributed by atoms with Gasteiger partial charge in [0, 0.05) is 18.4 Å². The lowest BCUT2D eigenvalue weighted by Crippen LogP contribution is -2.37. The fourth-order valence-corrected chi connectivity index (χ4v) is 4.25. The molecule has 1 fully saturated rings. The maximum Gasteiger partial charge on any atom is 0.231 e. The number of carbonyl (C=O) groups excluding carboxylic acids is 1. The number of aryl methyl sites for hydroxylation is 1. The first-order valence-electron chi connectivity index (χ1n) is 8.32. The molecule has 0 bridgehead atoms. The third-order valence-electron chi connectivity index (χ3n) is 4.33. The Bertz CT molecular complexity index is 828. The average Bonchev–Trinajstić information content (AvgIpc) is 3.13. The number of aromatic nitrogens is 2. The van der Waals surface area contributed by atoms with Crippen LogP contribution in [0.5, 0.6) is 17.2 Å². The number of hydrogen-bond donors (Lipinski definition) is 0. The van der Waals surface area contributed by atoms with Gasteiger partial charge in [-0.3, -0.25) is 14.8 Å². The van der Waals surface area contributed by atoms with Crippen molar-refractivity contribution < 1.29 is 19.0 Å². The number of carbonyl (C=O) groups is 1. The maximum atomic E-state index is 12.6. The second-order valence-corrected chi connectivity index (χ2v) is 7.29. The van der Waals surface area contributed by atoms with Crippen molar-refractivity contribution >= 4 is 17.7 Å². The molecule has 1 amide bonds. The van der Waals surface area contributed by atoms with Gasteiger partial charge in [-0.05, 0) is 24.6 Å². The molecule has 2 aromatic rings. The summed E-state index contributed by atoms with van der Waals surface area (Å²) in [5, 5.41) is -0.136. The molecule has 1 aromatic carbocycles. The Kier molecular flexibility index (Phi) is 4.58. The molecule has 2 aliphatic heterocycles. The number of methoxy groups -OCH3 is 1. The first-order chi connectivity index (χ1) is 12.7. The predicted molar refractivity (Wildman–Crippen MR) is 96.3 cm³/mol. The van der Waals surface area contributed by atoms with Crippen LogP contribution in [0.25, 0.3) is 0 Å². The highest BCUT2D eigenvalue weighted by Gasteiger charge is 2.32. The van der Waals surface area contributed by atoms with Crippen LogP contribution in [-0.2, 0) is 11.3 Å². The topological polar surface area (TPSA) is 73.8 Å². The smallest absolute Gasteiger partial charge is 0.231 e. The van der Waals surface area contributed by atoms with Gasteiger partial charge in [0.1, 0.15) is 5.37 Å². The molecule has 0 aliphatic carbocycles. The van der Waals surface area contributed by atoms with Crippen LogP contribution in [0.4, 0.5) is 0 Å². The Labute approximate surface area is 155 Å². The van der Waals surface area contributed by atoms with E-state index >= 15 is 0 Å². The number of ether oxygens (including phenoxy) is 3. The molecule has 136 valence electrons. The van der Waals surface area contributed by atoms with Crippen LogP contribution in [0.2, 0.25) is 0 Å². The Morgan fingerprint density at radius 1 is 1.31 bits per heavy atom. The molecule has 4 rings (SSSR count). The lowest BCUT2D eigenvalue weighted by molar-refractivity contribution is -0.132. The number of thioether (sulfide) groups is 1. The Morgan fingerprint density at radius 2 is 2.19 bits per heavy atom. The highest BCUT2D eigenvalue weighted by Crippen LogP contribution is 2.47. The molecule has 7 nitrogen and oxygen atoms in total. The Balaban J connectivity index is 1.66. The van der Waals surface area contributed by atoms with Crippen LogP contribution >= 0.6 is 11.8 Å². The molecule has 1 atom stereocenters. The predicted octanol–water partition coefficient (Wildman–Crippen LogP) is 2.69. The summed E-state index contributed by atoms with van der Waals surface area (Å²) >= 11 is 1.72. The highest BCUT2D eigenvalue weighted by atomic mass is 32.2. The Hall–Kier alpha value is -2.48. The molecule has 3 heterocycles. The molecule has 2 aliphatic rings. The van der Waals surface area contributed by atoms with Gasteiger partial charge >= 0.3 is 0 Å². The van der Waals surface area contributed by atoms with Crippen LogP contribution in [0.15, 0.2) is 24.5 Å². The summed E-state index contributed by atoms with van der Waals surface area (Å²) < 4.78 is 16.4. The summed E-state index contributed by atoms with van der Waals surface area (Å²) in [6.07, 6.45) is 3.96. The minimum absolute atomic E-state index is 0.104. The van der Waals surface area contributed by atoms with E-state index in [1.54, 1.807) is 31.3 Å². The van der Waals surface area contributed by atoms with Gasteiger partial charge in [-0.2, -0.15) is 0 Å². The van der Waals surface area contributed by atoms with Crippen molar-refractivity contribution in [2.24, 2.45) is 0 Å². The third-order valence-corrected chi connectivity index (χ3v) is 5.61. The molecule has 1 unspecified atom stereocenters. The van der Waals surface area contributed by atoms with E-state index in [1.165, 1.54) is 0 Å². The van der Waals surface area contributed by atoms with Gasteiger partial charge in [0.25, 0.3) is 0 Å². The monoisotopic (exact) mass is 373 g/mol. The molecule has 26 heavy (non-hydrogen) atoms. The van der Waals surface area contributed by atoms with Gasteiger partial charge in [0.05, 0.1) is 31.2 Å². The van der Waals surface area contributed by atoms with E-state index in [9.17, 15) is 4.79 Å². The number of fused-ring (bicyclic) bond motifs is 1. The number of amides is 1. The molecule has 0 spiro atoms. The standard InChI is InChI=1S/C18H19N3O4S/c1-11-7-20-13(8-19-11)9-21-16(22)3-4-26-18(21)12-5-14(23-2)17-15(6-12)24-10-25-17/h5-8,18H,3-4,9-10H2,1-2H3. The fraction of sp³-hybridized carbons (Fsp3) is 0.389. The van der Waals surface area contributed by atoms with Crippen LogP contribution in [-0.4, -0.2) is 40.4 Å². The zero-order chi connectivity index (χ0) is 18.1. The normalized spacial score (nSPS) is 18.9. The first kappa shape index (κ1) is 17.0. The lowest BCUT2D eigenvalue weighted by Gasteiger charge is -2.35. The van der Waals surface area contributed by atoms with Crippen LogP contribution in [0, 0.1) is 6.92 Å². The molecular weight excluding hydrogens is 354 g/mol. The van der Waals surface area contributed by atoms with Crippen LogP contribution in [0.3, 0.4) is 0 Å². The van der Waals surface area contributed by atoms with E-state index in [4.69, 9.17) is 14.2 Å². The Morgan fingerprint density at radius 3 is 2.96 bits per heavy atom.